The van der Waals surface area contributed by atoms with Gasteiger partial charge >= 0.3 is 5.97 Å². The molecule has 4 nitrogen and oxygen atoms in total. The van der Waals surface area contributed by atoms with E-state index in [1.807, 2.05) is 26.0 Å². The van der Waals surface area contributed by atoms with Gasteiger partial charge in [-0.15, -0.1) is 0 Å². The van der Waals surface area contributed by atoms with Crippen LogP contribution in [0.5, 0.6) is 11.5 Å². The zero-order valence-corrected chi connectivity index (χ0v) is 11.6. The molecule has 104 valence electrons. The molecule has 0 saturated heterocycles. The lowest BCUT2D eigenvalue weighted by atomic mass is 9.64. The molecule has 0 aliphatic heterocycles. The van der Waals surface area contributed by atoms with E-state index >= 15 is 0 Å². The predicted molar refractivity (Wildman–Crippen MR) is 71.9 cm³/mol. The summed E-state index contributed by atoms with van der Waals surface area (Å²) in [5, 5.41) is 9.56. The van der Waals surface area contributed by atoms with Crippen LogP contribution in [0.25, 0.3) is 0 Å². The number of methoxy groups -OCH3 is 1. The number of para-hydroxylation sites is 1. The number of aliphatic carboxylic acids is 1. The molecule has 1 aliphatic carbocycles. The van der Waals surface area contributed by atoms with Gasteiger partial charge in [-0.25, -0.2) is 0 Å². The van der Waals surface area contributed by atoms with Gasteiger partial charge in [0.25, 0.3) is 0 Å². The van der Waals surface area contributed by atoms with Gasteiger partial charge in [0.05, 0.1) is 18.6 Å². The SMILES string of the molecule is COc1cccc(C2(C(=O)O)CCC2)c1OC(C)C. The lowest BCUT2D eigenvalue weighted by Crippen LogP contribution is -2.42. The Kier molecular flexibility index (Phi) is 3.69. The summed E-state index contributed by atoms with van der Waals surface area (Å²) < 4.78 is 11.1. The van der Waals surface area contributed by atoms with Gasteiger partial charge in [0.1, 0.15) is 0 Å². The van der Waals surface area contributed by atoms with Crippen LogP contribution in [0.4, 0.5) is 0 Å². The Morgan fingerprint density at radius 1 is 1.37 bits per heavy atom. The monoisotopic (exact) mass is 264 g/mol. The van der Waals surface area contributed by atoms with Crippen molar-refractivity contribution in [1.82, 2.24) is 0 Å². The van der Waals surface area contributed by atoms with Crippen molar-refractivity contribution in [3.05, 3.63) is 23.8 Å². The molecule has 1 aromatic carbocycles. The summed E-state index contributed by atoms with van der Waals surface area (Å²) in [5.74, 6) is 0.390. The third kappa shape index (κ3) is 2.27. The highest BCUT2D eigenvalue weighted by atomic mass is 16.5. The molecular formula is C15H20O4. The van der Waals surface area contributed by atoms with Crippen molar-refractivity contribution in [3.8, 4) is 11.5 Å². The first-order chi connectivity index (χ1) is 9.01. The van der Waals surface area contributed by atoms with Crippen molar-refractivity contribution < 1.29 is 19.4 Å². The van der Waals surface area contributed by atoms with E-state index in [4.69, 9.17) is 9.47 Å². The third-order valence-corrected chi connectivity index (χ3v) is 3.68. The Morgan fingerprint density at radius 2 is 2.05 bits per heavy atom. The van der Waals surface area contributed by atoms with Gasteiger partial charge < -0.3 is 14.6 Å². The normalized spacial score (nSPS) is 16.8. The van der Waals surface area contributed by atoms with E-state index in [2.05, 4.69) is 0 Å². The van der Waals surface area contributed by atoms with Crippen LogP contribution in [0.2, 0.25) is 0 Å². The molecule has 0 aromatic heterocycles. The van der Waals surface area contributed by atoms with Crippen molar-refractivity contribution in [2.45, 2.75) is 44.6 Å². The predicted octanol–water partition coefficient (Wildman–Crippen LogP) is 2.99. The van der Waals surface area contributed by atoms with E-state index in [-0.39, 0.29) is 6.10 Å². The Labute approximate surface area is 113 Å². The summed E-state index contributed by atoms with van der Waals surface area (Å²) in [7, 11) is 1.57. The average molecular weight is 264 g/mol. The molecule has 0 bridgehead atoms. The van der Waals surface area contributed by atoms with Crippen molar-refractivity contribution in [3.63, 3.8) is 0 Å². The summed E-state index contributed by atoms with van der Waals surface area (Å²) in [6, 6.07) is 5.47. The van der Waals surface area contributed by atoms with E-state index in [0.29, 0.717) is 24.3 Å². The molecule has 0 unspecified atom stereocenters. The minimum Gasteiger partial charge on any atom is -0.493 e. The minimum absolute atomic E-state index is 0.0269. The average Bonchev–Trinajstić information content (AvgIpc) is 2.28. The summed E-state index contributed by atoms with van der Waals surface area (Å²) >= 11 is 0. The number of hydrogen-bond acceptors (Lipinski definition) is 3. The first kappa shape index (κ1) is 13.7. The number of carboxylic acids is 1. The maximum Gasteiger partial charge on any atom is 0.314 e. The fourth-order valence-electron chi connectivity index (χ4n) is 2.54. The van der Waals surface area contributed by atoms with Crippen LogP contribution in [0, 0.1) is 0 Å². The molecule has 1 aliphatic rings. The standard InChI is InChI=1S/C15H20O4/c1-10(2)19-13-11(6-4-7-12(13)18-3)15(14(16)17)8-5-9-15/h4,6-7,10H,5,8-9H2,1-3H3,(H,16,17). The molecule has 1 fully saturated rings. The first-order valence-electron chi connectivity index (χ1n) is 6.59. The Hall–Kier alpha value is -1.71. The minimum atomic E-state index is -0.807. The zero-order valence-electron chi connectivity index (χ0n) is 11.6. The van der Waals surface area contributed by atoms with Gasteiger partial charge in [-0.2, -0.15) is 0 Å². The second-order valence-electron chi connectivity index (χ2n) is 5.24. The fraction of sp³-hybridized carbons (Fsp3) is 0.533. The highest BCUT2D eigenvalue weighted by molar-refractivity contribution is 5.84. The van der Waals surface area contributed by atoms with Crippen molar-refractivity contribution in [2.24, 2.45) is 0 Å². The van der Waals surface area contributed by atoms with Crippen molar-refractivity contribution in [1.29, 1.82) is 0 Å². The summed E-state index contributed by atoms with van der Waals surface area (Å²) in [5.41, 5.74) is -0.0713. The molecule has 1 aromatic rings. The lowest BCUT2D eigenvalue weighted by molar-refractivity contribution is -0.147. The lowest BCUT2D eigenvalue weighted by Gasteiger charge is -2.39. The summed E-state index contributed by atoms with van der Waals surface area (Å²) in [4.78, 5) is 11.6. The quantitative estimate of drug-likeness (QED) is 0.888. The number of benzene rings is 1. The molecule has 0 heterocycles. The fourth-order valence-corrected chi connectivity index (χ4v) is 2.54. The molecule has 19 heavy (non-hydrogen) atoms. The van der Waals surface area contributed by atoms with Crippen LogP contribution < -0.4 is 9.47 Å². The van der Waals surface area contributed by atoms with Crippen LogP contribution in [-0.2, 0) is 10.2 Å². The van der Waals surface area contributed by atoms with Gasteiger partial charge in [0.15, 0.2) is 11.5 Å². The second-order valence-corrected chi connectivity index (χ2v) is 5.24. The van der Waals surface area contributed by atoms with Gasteiger partial charge in [-0.1, -0.05) is 18.6 Å². The molecule has 1 saturated carbocycles. The van der Waals surface area contributed by atoms with E-state index in [9.17, 15) is 9.90 Å². The third-order valence-electron chi connectivity index (χ3n) is 3.68. The van der Waals surface area contributed by atoms with Gasteiger partial charge in [-0.05, 0) is 32.8 Å². The van der Waals surface area contributed by atoms with Gasteiger partial charge in [0.2, 0.25) is 0 Å². The van der Waals surface area contributed by atoms with Crippen LogP contribution in [0.15, 0.2) is 18.2 Å². The molecular weight excluding hydrogens is 244 g/mol. The Bertz CT molecular complexity index is 475. The molecule has 1 N–H and O–H groups in total. The topological polar surface area (TPSA) is 55.8 Å². The van der Waals surface area contributed by atoms with Gasteiger partial charge in [-0.3, -0.25) is 4.79 Å². The van der Waals surface area contributed by atoms with E-state index in [0.717, 1.165) is 12.0 Å². The highest BCUT2D eigenvalue weighted by Gasteiger charge is 2.48. The maximum absolute atomic E-state index is 11.6. The zero-order chi connectivity index (χ0) is 14.0. The van der Waals surface area contributed by atoms with Crippen molar-refractivity contribution in [2.75, 3.05) is 7.11 Å². The second kappa shape index (κ2) is 5.11. The molecule has 2 rings (SSSR count). The number of carbonyl (C=O) groups is 1. The van der Waals surface area contributed by atoms with Crippen LogP contribution in [0.3, 0.4) is 0 Å². The smallest absolute Gasteiger partial charge is 0.314 e. The highest BCUT2D eigenvalue weighted by Crippen LogP contribution is 2.49. The molecule has 0 radical (unpaired) electrons. The molecule has 0 atom stereocenters. The summed E-state index contributed by atoms with van der Waals surface area (Å²) in [6.45, 7) is 3.84. The number of ether oxygens (including phenoxy) is 2. The Morgan fingerprint density at radius 3 is 2.47 bits per heavy atom. The van der Waals surface area contributed by atoms with Crippen LogP contribution in [0.1, 0.15) is 38.7 Å². The van der Waals surface area contributed by atoms with Crippen LogP contribution >= 0.6 is 0 Å². The van der Waals surface area contributed by atoms with E-state index < -0.39 is 11.4 Å². The van der Waals surface area contributed by atoms with Crippen LogP contribution in [-0.4, -0.2) is 24.3 Å². The first-order valence-corrected chi connectivity index (χ1v) is 6.59. The number of carboxylic acid groups (broad SMARTS) is 1. The summed E-state index contributed by atoms with van der Waals surface area (Å²) in [6.07, 6.45) is 2.22. The van der Waals surface area contributed by atoms with Crippen molar-refractivity contribution >= 4 is 5.97 Å². The molecule has 4 heteroatoms. The number of rotatable bonds is 5. The maximum atomic E-state index is 11.6. The van der Waals surface area contributed by atoms with E-state index in [1.54, 1.807) is 13.2 Å². The number of hydrogen-bond donors (Lipinski definition) is 1. The van der Waals surface area contributed by atoms with Gasteiger partial charge in [0, 0.05) is 5.56 Å². The van der Waals surface area contributed by atoms with E-state index in [1.165, 1.54) is 0 Å². The largest absolute Gasteiger partial charge is 0.493 e. The Balaban J connectivity index is 2.52. The molecule has 0 amide bonds. The molecule has 0 spiro atoms.